The summed E-state index contributed by atoms with van der Waals surface area (Å²) in [5.74, 6) is 0.356. The van der Waals surface area contributed by atoms with Gasteiger partial charge in [-0.2, -0.15) is 0 Å². The van der Waals surface area contributed by atoms with Crippen molar-refractivity contribution in [3.8, 4) is 0 Å². The summed E-state index contributed by atoms with van der Waals surface area (Å²) in [6.07, 6.45) is 0. The van der Waals surface area contributed by atoms with E-state index in [2.05, 4.69) is 15.3 Å². The van der Waals surface area contributed by atoms with Gasteiger partial charge in [-0.05, 0) is 19.1 Å². The van der Waals surface area contributed by atoms with Crippen LogP contribution in [0, 0.1) is 6.92 Å². The number of para-hydroxylation sites is 2. The molecule has 0 unspecified atom stereocenters. The Morgan fingerprint density at radius 3 is 2.59 bits per heavy atom. The number of aryl methyl sites for hydroxylation is 1. The molecule has 0 saturated carbocycles. The standard InChI is InChI=1S/C12H13N3OS/c1-8-12(17-7-11(16)13-2)15-10-6-4-3-5-9(10)14-8/h3-6H,7H2,1-2H3,(H,13,16). The monoisotopic (exact) mass is 247 g/mol. The number of nitrogens with one attached hydrogen (secondary N) is 1. The van der Waals surface area contributed by atoms with Crippen molar-refractivity contribution in [1.29, 1.82) is 0 Å². The number of rotatable bonds is 3. The second-order valence-electron chi connectivity index (χ2n) is 3.56. The van der Waals surface area contributed by atoms with Crippen molar-refractivity contribution < 1.29 is 4.79 Å². The van der Waals surface area contributed by atoms with Crippen LogP contribution < -0.4 is 5.32 Å². The zero-order valence-corrected chi connectivity index (χ0v) is 10.5. The lowest BCUT2D eigenvalue weighted by Crippen LogP contribution is -2.19. The van der Waals surface area contributed by atoms with E-state index < -0.39 is 0 Å². The summed E-state index contributed by atoms with van der Waals surface area (Å²) < 4.78 is 0. The van der Waals surface area contributed by atoms with Crippen LogP contribution in [0.2, 0.25) is 0 Å². The number of amides is 1. The molecule has 4 nitrogen and oxygen atoms in total. The number of aromatic nitrogens is 2. The topological polar surface area (TPSA) is 54.9 Å². The SMILES string of the molecule is CNC(=O)CSc1nc2ccccc2nc1C. The lowest BCUT2D eigenvalue weighted by atomic mass is 10.3. The average molecular weight is 247 g/mol. The van der Waals surface area contributed by atoms with E-state index in [1.54, 1.807) is 7.05 Å². The second kappa shape index (κ2) is 5.14. The molecule has 0 saturated heterocycles. The Morgan fingerprint density at radius 2 is 1.94 bits per heavy atom. The van der Waals surface area contributed by atoms with E-state index >= 15 is 0 Å². The van der Waals surface area contributed by atoms with Gasteiger partial charge in [0.25, 0.3) is 0 Å². The van der Waals surface area contributed by atoms with E-state index in [-0.39, 0.29) is 5.91 Å². The van der Waals surface area contributed by atoms with Crippen LogP contribution >= 0.6 is 11.8 Å². The third-order valence-electron chi connectivity index (χ3n) is 2.32. The quantitative estimate of drug-likeness (QED) is 0.840. The fourth-order valence-corrected chi connectivity index (χ4v) is 2.24. The molecule has 0 fully saturated rings. The van der Waals surface area contributed by atoms with Gasteiger partial charge in [-0.3, -0.25) is 4.79 Å². The lowest BCUT2D eigenvalue weighted by molar-refractivity contribution is -0.118. The number of carbonyl (C=O) groups is 1. The summed E-state index contributed by atoms with van der Waals surface area (Å²) >= 11 is 1.41. The third-order valence-corrected chi connectivity index (χ3v) is 3.39. The van der Waals surface area contributed by atoms with Crippen molar-refractivity contribution in [3.05, 3.63) is 30.0 Å². The van der Waals surface area contributed by atoms with Gasteiger partial charge in [0.15, 0.2) is 0 Å². The normalized spacial score (nSPS) is 10.5. The Hall–Kier alpha value is -1.62. The molecule has 0 radical (unpaired) electrons. The second-order valence-corrected chi connectivity index (χ2v) is 4.53. The molecule has 0 spiro atoms. The highest BCUT2D eigenvalue weighted by molar-refractivity contribution is 7.99. The van der Waals surface area contributed by atoms with Crippen LogP contribution in [0.15, 0.2) is 29.3 Å². The fraction of sp³-hybridized carbons (Fsp3) is 0.250. The van der Waals surface area contributed by atoms with E-state index in [4.69, 9.17) is 0 Å². The smallest absolute Gasteiger partial charge is 0.230 e. The van der Waals surface area contributed by atoms with Crippen LogP contribution in [0.5, 0.6) is 0 Å². The highest BCUT2D eigenvalue weighted by Crippen LogP contribution is 2.21. The van der Waals surface area contributed by atoms with Gasteiger partial charge in [0, 0.05) is 7.05 Å². The number of benzene rings is 1. The summed E-state index contributed by atoms with van der Waals surface area (Å²) in [4.78, 5) is 20.1. The van der Waals surface area contributed by atoms with E-state index in [0.717, 1.165) is 21.8 Å². The Morgan fingerprint density at radius 1 is 1.29 bits per heavy atom. The molecule has 0 aliphatic rings. The summed E-state index contributed by atoms with van der Waals surface area (Å²) in [5.41, 5.74) is 2.60. The predicted octanol–water partition coefficient (Wildman–Crippen LogP) is 1.78. The number of carbonyl (C=O) groups excluding carboxylic acids is 1. The first kappa shape index (κ1) is 11.9. The molecule has 17 heavy (non-hydrogen) atoms. The molecule has 0 atom stereocenters. The van der Waals surface area contributed by atoms with Gasteiger partial charge in [-0.1, -0.05) is 23.9 Å². The molecule has 1 N–H and O–H groups in total. The zero-order chi connectivity index (χ0) is 12.3. The van der Waals surface area contributed by atoms with Gasteiger partial charge >= 0.3 is 0 Å². The van der Waals surface area contributed by atoms with Gasteiger partial charge in [-0.15, -0.1) is 0 Å². The zero-order valence-electron chi connectivity index (χ0n) is 9.73. The van der Waals surface area contributed by atoms with Gasteiger partial charge < -0.3 is 5.32 Å². The van der Waals surface area contributed by atoms with Crippen LogP contribution in [0.1, 0.15) is 5.69 Å². The summed E-state index contributed by atoms with van der Waals surface area (Å²) in [5, 5.41) is 3.40. The number of hydrogen-bond donors (Lipinski definition) is 1. The number of thioether (sulfide) groups is 1. The van der Waals surface area contributed by atoms with Crippen LogP contribution in [0.4, 0.5) is 0 Å². The van der Waals surface area contributed by atoms with E-state index in [1.807, 2.05) is 31.2 Å². The Labute approximate surface area is 104 Å². The number of hydrogen-bond acceptors (Lipinski definition) is 4. The maximum Gasteiger partial charge on any atom is 0.230 e. The maximum absolute atomic E-state index is 11.2. The minimum atomic E-state index is -0.00985. The first-order valence-electron chi connectivity index (χ1n) is 5.27. The maximum atomic E-state index is 11.2. The fourth-order valence-electron chi connectivity index (χ4n) is 1.41. The van der Waals surface area contributed by atoms with Crippen LogP contribution in [0.25, 0.3) is 11.0 Å². The summed E-state index contributed by atoms with van der Waals surface area (Å²) in [6, 6.07) is 7.72. The molecule has 0 aliphatic carbocycles. The third kappa shape index (κ3) is 2.74. The molecule has 2 rings (SSSR count). The van der Waals surface area contributed by atoms with Crippen LogP contribution in [-0.2, 0) is 4.79 Å². The summed E-state index contributed by atoms with van der Waals surface area (Å²) in [6.45, 7) is 1.91. The molecular formula is C12H13N3OS. The molecule has 1 aromatic carbocycles. The molecule has 0 aliphatic heterocycles. The van der Waals surface area contributed by atoms with Gasteiger partial charge in [0.05, 0.1) is 22.5 Å². The largest absolute Gasteiger partial charge is 0.358 e. The van der Waals surface area contributed by atoms with Crippen LogP contribution in [-0.4, -0.2) is 28.7 Å². The van der Waals surface area contributed by atoms with E-state index in [9.17, 15) is 4.79 Å². The average Bonchev–Trinajstić information content (AvgIpc) is 2.35. The molecule has 2 aromatic rings. The Kier molecular flexibility index (Phi) is 3.58. The van der Waals surface area contributed by atoms with Crippen molar-refractivity contribution in [2.45, 2.75) is 11.9 Å². The summed E-state index contributed by atoms with van der Waals surface area (Å²) in [7, 11) is 1.63. The van der Waals surface area contributed by atoms with E-state index in [0.29, 0.717) is 5.75 Å². The molecule has 0 bridgehead atoms. The highest BCUT2D eigenvalue weighted by atomic mass is 32.2. The van der Waals surface area contributed by atoms with Gasteiger partial charge in [0.2, 0.25) is 5.91 Å². The molecule has 1 heterocycles. The van der Waals surface area contributed by atoms with Crippen molar-refractivity contribution in [1.82, 2.24) is 15.3 Å². The van der Waals surface area contributed by atoms with E-state index in [1.165, 1.54) is 11.8 Å². The first-order valence-corrected chi connectivity index (χ1v) is 6.26. The minimum Gasteiger partial charge on any atom is -0.358 e. The molecular weight excluding hydrogens is 234 g/mol. The van der Waals surface area contributed by atoms with Gasteiger partial charge in [-0.25, -0.2) is 9.97 Å². The van der Waals surface area contributed by atoms with Crippen molar-refractivity contribution in [2.24, 2.45) is 0 Å². The minimum absolute atomic E-state index is 0.00985. The lowest BCUT2D eigenvalue weighted by Gasteiger charge is -2.05. The molecule has 1 aromatic heterocycles. The van der Waals surface area contributed by atoms with Crippen LogP contribution in [0.3, 0.4) is 0 Å². The molecule has 88 valence electrons. The van der Waals surface area contributed by atoms with Gasteiger partial charge in [0.1, 0.15) is 5.03 Å². The predicted molar refractivity (Wildman–Crippen MR) is 69.1 cm³/mol. The number of nitrogens with zero attached hydrogens (tertiary/aromatic N) is 2. The Balaban J connectivity index is 2.28. The molecule has 1 amide bonds. The van der Waals surface area contributed by atoms with Crippen molar-refractivity contribution in [2.75, 3.05) is 12.8 Å². The first-order chi connectivity index (χ1) is 8.20. The highest BCUT2D eigenvalue weighted by Gasteiger charge is 2.07. The Bertz CT molecular complexity index is 556. The molecule has 5 heteroatoms. The van der Waals surface area contributed by atoms with Crippen molar-refractivity contribution in [3.63, 3.8) is 0 Å². The number of fused-ring (bicyclic) bond motifs is 1. The van der Waals surface area contributed by atoms with Crippen molar-refractivity contribution >= 4 is 28.7 Å².